The van der Waals surface area contributed by atoms with Crippen molar-refractivity contribution in [2.24, 2.45) is 0 Å². The number of H-pyrrole nitrogens is 1. The maximum atomic E-state index is 9.10. The van der Waals surface area contributed by atoms with Gasteiger partial charge in [0.1, 0.15) is 11.5 Å². The quantitative estimate of drug-likeness (QED) is 0.527. The smallest absolute Gasteiger partial charge is 0.197 e. The number of hydrogen-bond acceptors (Lipinski definition) is 6. The van der Waals surface area contributed by atoms with Gasteiger partial charge in [-0.25, -0.2) is 0 Å². The zero-order valence-corrected chi connectivity index (χ0v) is 13.3. The number of aliphatic hydroxyl groups is 1. The van der Waals surface area contributed by atoms with E-state index < -0.39 is 0 Å². The van der Waals surface area contributed by atoms with E-state index in [0.29, 0.717) is 28.3 Å². The Hall–Kier alpha value is -2.67. The molecular formula is C16H15N3O3S. The summed E-state index contributed by atoms with van der Waals surface area (Å²) >= 11 is 1.32. The number of aromatic amines is 1. The molecule has 6 nitrogen and oxygen atoms in total. The number of ether oxygens (including phenoxy) is 1. The summed E-state index contributed by atoms with van der Waals surface area (Å²) in [4.78, 5) is 3.04. The first-order chi connectivity index (χ1) is 11.2. The molecule has 0 amide bonds. The molecule has 0 atom stereocenters. The monoisotopic (exact) mass is 329 g/mol. The maximum Gasteiger partial charge on any atom is 0.197 e. The lowest BCUT2D eigenvalue weighted by Crippen LogP contribution is -1.83. The highest BCUT2D eigenvalue weighted by Gasteiger charge is 2.12. The fourth-order valence-corrected chi connectivity index (χ4v) is 2.54. The molecule has 3 rings (SSSR count). The summed E-state index contributed by atoms with van der Waals surface area (Å²) in [6.45, 7) is 3.43. The largest absolute Gasteiger partial charge is 0.512 e. The molecular weight excluding hydrogens is 314 g/mol. The van der Waals surface area contributed by atoms with Gasteiger partial charge in [0.25, 0.3) is 0 Å². The molecule has 0 unspecified atom stereocenters. The second-order valence-corrected chi connectivity index (χ2v) is 5.69. The van der Waals surface area contributed by atoms with Crippen LogP contribution in [0.3, 0.4) is 0 Å². The van der Waals surface area contributed by atoms with Crippen LogP contribution < -0.4 is 4.74 Å². The molecule has 7 heteroatoms. The Bertz CT molecular complexity index is 825. The van der Waals surface area contributed by atoms with Gasteiger partial charge in [0, 0.05) is 5.56 Å². The summed E-state index contributed by atoms with van der Waals surface area (Å²) in [5.41, 5.74) is 0.918. The van der Waals surface area contributed by atoms with Crippen LogP contribution in [0.1, 0.15) is 0 Å². The molecule has 0 spiro atoms. The van der Waals surface area contributed by atoms with E-state index in [2.05, 4.69) is 21.8 Å². The summed E-state index contributed by atoms with van der Waals surface area (Å²) < 4.78 is 11.0. The third kappa shape index (κ3) is 3.57. The van der Waals surface area contributed by atoms with Crippen LogP contribution in [0.2, 0.25) is 0 Å². The number of rotatable bonds is 6. The van der Waals surface area contributed by atoms with Gasteiger partial charge in [0.05, 0.1) is 18.6 Å². The Balaban J connectivity index is 1.80. The van der Waals surface area contributed by atoms with E-state index in [0.717, 1.165) is 11.3 Å². The molecule has 1 aromatic carbocycles. The third-order valence-electron chi connectivity index (χ3n) is 3.04. The second-order valence-electron chi connectivity index (χ2n) is 4.73. The summed E-state index contributed by atoms with van der Waals surface area (Å²) in [5.74, 6) is 3.06. The van der Waals surface area contributed by atoms with Crippen LogP contribution in [-0.2, 0) is 0 Å². The number of nitrogens with one attached hydrogen (secondary N) is 1. The van der Waals surface area contributed by atoms with Gasteiger partial charge in [-0.05, 0) is 24.3 Å². The van der Waals surface area contributed by atoms with Crippen molar-refractivity contribution in [3.8, 4) is 28.7 Å². The van der Waals surface area contributed by atoms with Crippen molar-refractivity contribution >= 4 is 11.8 Å². The van der Waals surface area contributed by atoms with Crippen molar-refractivity contribution in [3.63, 3.8) is 0 Å². The first kappa shape index (κ1) is 15.2. The number of thioether (sulfide) groups is 1. The van der Waals surface area contributed by atoms with E-state index >= 15 is 0 Å². The SMILES string of the molecule is C=C(O)CSc1nnc(-c2ccc(-c3cccc(OC)c3)o2)[nH]1. The van der Waals surface area contributed by atoms with Crippen molar-refractivity contribution in [1.82, 2.24) is 15.2 Å². The van der Waals surface area contributed by atoms with Gasteiger partial charge >= 0.3 is 0 Å². The third-order valence-corrected chi connectivity index (χ3v) is 3.97. The number of benzene rings is 1. The molecule has 2 heterocycles. The molecule has 0 saturated heterocycles. The highest BCUT2D eigenvalue weighted by Crippen LogP contribution is 2.29. The lowest BCUT2D eigenvalue weighted by Gasteiger charge is -2.01. The van der Waals surface area contributed by atoms with Crippen molar-refractivity contribution in [2.45, 2.75) is 5.16 Å². The van der Waals surface area contributed by atoms with Gasteiger partial charge in [-0.3, -0.25) is 0 Å². The minimum atomic E-state index is 0.0891. The first-order valence-corrected chi connectivity index (χ1v) is 7.81. The molecule has 118 valence electrons. The molecule has 2 N–H and O–H groups in total. The molecule has 0 saturated carbocycles. The van der Waals surface area contributed by atoms with Crippen molar-refractivity contribution in [1.29, 1.82) is 0 Å². The van der Waals surface area contributed by atoms with E-state index in [9.17, 15) is 0 Å². The Labute approximate surface area is 137 Å². The van der Waals surface area contributed by atoms with Crippen LogP contribution in [-0.4, -0.2) is 33.2 Å². The fourth-order valence-electron chi connectivity index (χ4n) is 1.97. The summed E-state index contributed by atoms with van der Waals surface area (Å²) in [6.07, 6.45) is 0. The van der Waals surface area contributed by atoms with Crippen LogP contribution in [0.5, 0.6) is 5.75 Å². The Morgan fingerprint density at radius 2 is 2.13 bits per heavy atom. The Kier molecular flexibility index (Phi) is 4.38. The van der Waals surface area contributed by atoms with Crippen LogP contribution in [0.25, 0.3) is 22.9 Å². The van der Waals surface area contributed by atoms with Crippen LogP contribution in [0.4, 0.5) is 0 Å². The molecule has 0 aliphatic carbocycles. The molecule has 0 fully saturated rings. The highest BCUT2D eigenvalue weighted by molar-refractivity contribution is 7.99. The first-order valence-electron chi connectivity index (χ1n) is 6.82. The second kappa shape index (κ2) is 6.62. The highest BCUT2D eigenvalue weighted by atomic mass is 32.2. The van der Waals surface area contributed by atoms with Crippen molar-refractivity contribution < 1.29 is 14.3 Å². The standard InChI is InChI=1S/C16H15N3O3S/c1-10(20)9-23-16-17-15(18-19-16)14-7-6-13(22-14)11-4-3-5-12(8-11)21-2/h3-8,20H,1,9H2,2H3,(H,17,18,19). The number of furan rings is 1. The Morgan fingerprint density at radius 3 is 2.91 bits per heavy atom. The number of methoxy groups -OCH3 is 1. The van der Waals surface area contributed by atoms with Crippen molar-refractivity contribution in [2.75, 3.05) is 12.9 Å². The van der Waals surface area contributed by atoms with Crippen molar-refractivity contribution in [3.05, 3.63) is 48.7 Å². The molecule has 0 aliphatic rings. The normalized spacial score (nSPS) is 10.7. The minimum absolute atomic E-state index is 0.0891. The lowest BCUT2D eigenvalue weighted by molar-refractivity contribution is 0.415. The number of aliphatic hydroxyl groups excluding tert-OH is 1. The van der Waals surface area contributed by atoms with Crippen LogP contribution >= 0.6 is 11.8 Å². The van der Waals surface area contributed by atoms with Gasteiger partial charge < -0.3 is 19.2 Å². The predicted octanol–water partition coefficient (Wildman–Crippen LogP) is 3.90. The number of nitrogens with zero attached hydrogens (tertiary/aromatic N) is 2. The summed E-state index contributed by atoms with van der Waals surface area (Å²) in [6, 6.07) is 11.3. The molecule has 0 bridgehead atoms. The van der Waals surface area contributed by atoms with Gasteiger partial charge in [-0.1, -0.05) is 30.5 Å². The van der Waals surface area contributed by atoms with E-state index in [1.54, 1.807) is 7.11 Å². The summed E-state index contributed by atoms with van der Waals surface area (Å²) in [7, 11) is 1.63. The predicted molar refractivity (Wildman–Crippen MR) is 88.6 cm³/mol. The number of aromatic nitrogens is 3. The summed E-state index contributed by atoms with van der Waals surface area (Å²) in [5, 5.41) is 17.7. The zero-order chi connectivity index (χ0) is 16.2. The van der Waals surface area contributed by atoms with E-state index in [4.69, 9.17) is 14.3 Å². The van der Waals surface area contributed by atoms with Gasteiger partial charge in [-0.15, -0.1) is 10.2 Å². The Morgan fingerprint density at radius 1 is 1.30 bits per heavy atom. The molecule has 23 heavy (non-hydrogen) atoms. The topological polar surface area (TPSA) is 84.2 Å². The maximum absolute atomic E-state index is 9.10. The number of hydrogen-bond donors (Lipinski definition) is 2. The lowest BCUT2D eigenvalue weighted by atomic mass is 10.2. The van der Waals surface area contributed by atoms with Gasteiger partial charge in [-0.2, -0.15) is 0 Å². The molecule has 2 aromatic heterocycles. The zero-order valence-electron chi connectivity index (χ0n) is 12.4. The van der Waals surface area contributed by atoms with Gasteiger partial charge in [0.2, 0.25) is 0 Å². The molecule has 0 radical (unpaired) electrons. The fraction of sp³-hybridized carbons (Fsp3) is 0.125. The average Bonchev–Trinajstić information content (AvgIpc) is 3.22. The van der Waals surface area contributed by atoms with Crippen LogP contribution in [0, 0.1) is 0 Å². The van der Waals surface area contributed by atoms with Crippen LogP contribution in [0.15, 0.2) is 58.3 Å². The molecule has 3 aromatic rings. The average molecular weight is 329 g/mol. The van der Waals surface area contributed by atoms with Gasteiger partial charge in [0.15, 0.2) is 16.7 Å². The van der Waals surface area contributed by atoms with E-state index in [-0.39, 0.29) is 5.76 Å². The van der Waals surface area contributed by atoms with E-state index in [1.165, 1.54) is 11.8 Å². The molecule has 0 aliphatic heterocycles. The van der Waals surface area contributed by atoms with E-state index in [1.807, 2.05) is 36.4 Å². The minimum Gasteiger partial charge on any atom is -0.512 e.